The van der Waals surface area contributed by atoms with E-state index in [1.807, 2.05) is 6.92 Å². The van der Waals surface area contributed by atoms with Crippen LogP contribution in [-0.2, 0) is 14.8 Å². The lowest BCUT2D eigenvalue weighted by Crippen LogP contribution is -2.39. The lowest BCUT2D eigenvalue weighted by Gasteiger charge is -2.30. The van der Waals surface area contributed by atoms with Crippen LogP contribution in [0, 0.1) is 11.7 Å². The van der Waals surface area contributed by atoms with E-state index < -0.39 is 34.2 Å². The molecule has 0 saturated carbocycles. The van der Waals surface area contributed by atoms with Gasteiger partial charge in [0.15, 0.2) is 12.4 Å². The number of nitrogens with zero attached hydrogens (tertiary/aromatic N) is 1. The fraction of sp³-hybridized carbons (Fsp3) is 0.333. The Balaban J connectivity index is 1.69. The van der Waals surface area contributed by atoms with Crippen LogP contribution >= 0.6 is 0 Å². The zero-order valence-corrected chi connectivity index (χ0v) is 16.8. The van der Waals surface area contributed by atoms with E-state index in [0.29, 0.717) is 13.1 Å². The summed E-state index contributed by atoms with van der Waals surface area (Å²) < 4.78 is 45.1. The summed E-state index contributed by atoms with van der Waals surface area (Å²) in [5, 5.41) is 0. The number of rotatable bonds is 6. The SMILES string of the molecule is C[C@H]1CCCN(S(=O)(=O)c2cccc(C(=O)OCC(=O)c3ccc(F)cc3)c2)C1. The molecule has 0 amide bonds. The highest BCUT2D eigenvalue weighted by molar-refractivity contribution is 7.89. The Morgan fingerprint density at radius 3 is 2.55 bits per heavy atom. The van der Waals surface area contributed by atoms with Gasteiger partial charge in [0.05, 0.1) is 10.5 Å². The summed E-state index contributed by atoms with van der Waals surface area (Å²) in [6.45, 7) is 2.38. The smallest absolute Gasteiger partial charge is 0.338 e. The number of benzene rings is 2. The molecule has 0 radical (unpaired) electrons. The lowest BCUT2D eigenvalue weighted by atomic mass is 10.0. The average molecular weight is 419 g/mol. The van der Waals surface area contributed by atoms with Crippen molar-refractivity contribution in [2.75, 3.05) is 19.7 Å². The molecule has 1 saturated heterocycles. The Morgan fingerprint density at radius 1 is 1.14 bits per heavy atom. The summed E-state index contributed by atoms with van der Waals surface area (Å²) in [7, 11) is -3.71. The van der Waals surface area contributed by atoms with Crippen LogP contribution in [0.3, 0.4) is 0 Å². The van der Waals surface area contributed by atoms with Gasteiger partial charge in [0.2, 0.25) is 10.0 Å². The number of carbonyl (C=O) groups excluding carboxylic acids is 2. The van der Waals surface area contributed by atoms with E-state index in [1.165, 1.54) is 40.7 Å². The molecule has 29 heavy (non-hydrogen) atoms. The zero-order chi connectivity index (χ0) is 21.0. The predicted molar refractivity (Wildman–Crippen MR) is 105 cm³/mol. The number of sulfonamides is 1. The van der Waals surface area contributed by atoms with Gasteiger partial charge >= 0.3 is 5.97 Å². The molecule has 0 N–H and O–H groups in total. The third-order valence-electron chi connectivity index (χ3n) is 4.83. The van der Waals surface area contributed by atoms with Crippen molar-refractivity contribution >= 4 is 21.8 Å². The summed E-state index contributed by atoms with van der Waals surface area (Å²) >= 11 is 0. The molecule has 0 aromatic heterocycles. The fourth-order valence-electron chi connectivity index (χ4n) is 3.23. The van der Waals surface area contributed by atoms with Crippen molar-refractivity contribution in [2.45, 2.75) is 24.7 Å². The second kappa shape index (κ2) is 8.84. The minimum atomic E-state index is -3.71. The standard InChI is InChI=1S/C21H22FNO5S/c1-15-4-3-11-23(13-15)29(26,27)19-6-2-5-17(12-19)21(25)28-14-20(24)16-7-9-18(22)10-8-16/h2,5-10,12,15H,3-4,11,13-14H2,1H3/t15-/m0/s1. The number of piperidine rings is 1. The largest absolute Gasteiger partial charge is 0.454 e. The van der Waals surface area contributed by atoms with Crippen LogP contribution in [0.25, 0.3) is 0 Å². The van der Waals surface area contributed by atoms with Crippen molar-refractivity contribution < 1.29 is 27.1 Å². The molecule has 2 aromatic rings. The van der Waals surface area contributed by atoms with Crippen LogP contribution in [-0.4, -0.2) is 44.2 Å². The Kier molecular flexibility index (Phi) is 6.44. The number of carbonyl (C=O) groups is 2. The van der Waals surface area contributed by atoms with E-state index in [1.54, 1.807) is 0 Å². The quantitative estimate of drug-likeness (QED) is 0.530. The maximum absolute atomic E-state index is 12.9. The lowest BCUT2D eigenvalue weighted by molar-refractivity contribution is 0.0474. The highest BCUT2D eigenvalue weighted by Gasteiger charge is 2.29. The molecular formula is C21H22FNO5S. The topological polar surface area (TPSA) is 80.8 Å². The van der Waals surface area contributed by atoms with Gasteiger partial charge in [-0.2, -0.15) is 4.31 Å². The molecule has 6 nitrogen and oxygen atoms in total. The van der Waals surface area contributed by atoms with Crippen molar-refractivity contribution in [3.05, 3.63) is 65.5 Å². The first-order chi connectivity index (χ1) is 13.8. The molecule has 8 heteroatoms. The molecule has 3 rings (SSSR count). The minimum absolute atomic E-state index is 0.0194. The van der Waals surface area contributed by atoms with E-state index in [9.17, 15) is 22.4 Å². The maximum Gasteiger partial charge on any atom is 0.338 e. The molecule has 1 fully saturated rings. The van der Waals surface area contributed by atoms with Crippen molar-refractivity contribution in [2.24, 2.45) is 5.92 Å². The highest BCUT2D eigenvalue weighted by Crippen LogP contribution is 2.24. The zero-order valence-electron chi connectivity index (χ0n) is 16.0. The van der Waals surface area contributed by atoms with Crippen molar-refractivity contribution in [3.63, 3.8) is 0 Å². The van der Waals surface area contributed by atoms with Crippen LogP contribution in [0.1, 0.15) is 40.5 Å². The number of Topliss-reactive ketones (excluding diaryl/α,β-unsaturated/α-hetero) is 1. The van der Waals surface area contributed by atoms with E-state index >= 15 is 0 Å². The van der Waals surface area contributed by atoms with Gasteiger partial charge in [-0.1, -0.05) is 13.0 Å². The van der Waals surface area contributed by atoms with Crippen LogP contribution < -0.4 is 0 Å². The van der Waals surface area contributed by atoms with Crippen molar-refractivity contribution in [1.29, 1.82) is 0 Å². The number of hydrogen-bond acceptors (Lipinski definition) is 5. The molecule has 1 aliphatic heterocycles. The van der Waals surface area contributed by atoms with Crippen LogP contribution in [0.5, 0.6) is 0 Å². The van der Waals surface area contributed by atoms with Crippen molar-refractivity contribution in [3.8, 4) is 0 Å². The summed E-state index contributed by atoms with van der Waals surface area (Å²) in [5.74, 6) is -1.47. The normalized spacial score (nSPS) is 17.7. The molecule has 154 valence electrons. The number of halogens is 1. The third-order valence-corrected chi connectivity index (χ3v) is 6.69. The molecule has 1 atom stereocenters. The van der Waals surface area contributed by atoms with Gasteiger partial charge in [0, 0.05) is 18.7 Å². The van der Waals surface area contributed by atoms with Gasteiger partial charge in [-0.15, -0.1) is 0 Å². The predicted octanol–water partition coefficient (Wildman–Crippen LogP) is 3.29. The van der Waals surface area contributed by atoms with E-state index in [4.69, 9.17) is 4.74 Å². The first kappa shape index (κ1) is 21.1. The van der Waals surface area contributed by atoms with Gasteiger partial charge in [-0.25, -0.2) is 17.6 Å². The second-order valence-corrected chi connectivity index (χ2v) is 9.08. The Hall–Kier alpha value is -2.58. The number of ketones is 1. The van der Waals surface area contributed by atoms with E-state index in [2.05, 4.69) is 0 Å². The Morgan fingerprint density at radius 2 is 1.86 bits per heavy atom. The summed E-state index contributed by atoms with van der Waals surface area (Å²) in [4.78, 5) is 24.4. The van der Waals surface area contributed by atoms with Gasteiger partial charge in [-0.05, 0) is 61.2 Å². The Labute approximate surface area is 169 Å². The van der Waals surface area contributed by atoms with Gasteiger partial charge < -0.3 is 4.74 Å². The molecule has 1 aliphatic rings. The first-order valence-corrected chi connectivity index (χ1v) is 10.8. The van der Waals surface area contributed by atoms with Gasteiger partial charge in [-0.3, -0.25) is 4.79 Å². The van der Waals surface area contributed by atoms with E-state index in [0.717, 1.165) is 25.0 Å². The minimum Gasteiger partial charge on any atom is -0.454 e. The summed E-state index contributed by atoms with van der Waals surface area (Å²) in [6.07, 6.45) is 1.79. The van der Waals surface area contributed by atoms with Crippen LogP contribution in [0.15, 0.2) is 53.4 Å². The van der Waals surface area contributed by atoms with Crippen molar-refractivity contribution in [1.82, 2.24) is 4.31 Å². The molecule has 0 bridgehead atoms. The molecule has 0 spiro atoms. The molecule has 0 unspecified atom stereocenters. The fourth-order valence-corrected chi connectivity index (χ4v) is 4.88. The van der Waals surface area contributed by atoms with E-state index in [-0.39, 0.29) is 21.9 Å². The number of hydrogen-bond donors (Lipinski definition) is 0. The van der Waals surface area contributed by atoms with Gasteiger partial charge in [0.1, 0.15) is 5.82 Å². The molecule has 0 aliphatic carbocycles. The summed E-state index contributed by atoms with van der Waals surface area (Å²) in [6, 6.07) is 10.5. The average Bonchev–Trinajstić information content (AvgIpc) is 2.72. The Bertz CT molecular complexity index is 1000. The second-order valence-electron chi connectivity index (χ2n) is 7.14. The number of esters is 1. The molecule has 1 heterocycles. The maximum atomic E-state index is 12.9. The van der Waals surface area contributed by atoms with Crippen LogP contribution in [0.4, 0.5) is 4.39 Å². The van der Waals surface area contributed by atoms with Gasteiger partial charge in [0.25, 0.3) is 0 Å². The monoisotopic (exact) mass is 419 g/mol. The third kappa shape index (κ3) is 5.07. The highest BCUT2D eigenvalue weighted by atomic mass is 32.2. The molecular weight excluding hydrogens is 397 g/mol. The molecule has 2 aromatic carbocycles. The first-order valence-electron chi connectivity index (χ1n) is 9.33. The number of ether oxygens (including phenoxy) is 1. The summed E-state index contributed by atoms with van der Waals surface area (Å²) in [5.41, 5.74) is 0.262. The van der Waals surface area contributed by atoms with Crippen LogP contribution in [0.2, 0.25) is 0 Å².